The first-order valence-corrected chi connectivity index (χ1v) is 9.65. The van der Waals surface area contributed by atoms with Crippen LogP contribution < -0.4 is 5.32 Å². The Morgan fingerprint density at radius 1 is 1.50 bits per heavy atom. The molecule has 0 bridgehead atoms. The summed E-state index contributed by atoms with van der Waals surface area (Å²) >= 11 is 0. The highest BCUT2D eigenvalue weighted by Crippen LogP contribution is 2.22. The van der Waals surface area contributed by atoms with Crippen molar-refractivity contribution in [2.24, 2.45) is 5.92 Å². The molecule has 0 aliphatic carbocycles. The molecule has 1 aromatic heterocycles. The van der Waals surface area contributed by atoms with Gasteiger partial charge >= 0.3 is 0 Å². The lowest BCUT2D eigenvalue weighted by atomic mass is 9.98. The Kier molecular flexibility index (Phi) is 5.57. The zero-order valence-electron chi connectivity index (χ0n) is 13.1. The molecule has 1 amide bonds. The molecule has 2 N–H and O–H groups in total. The van der Waals surface area contributed by atoms with E-state index >= 15 is 0 Å². The fourth-order valence-corrected chi connectivity index (χ4v) is 3.48. The number of nitrogens with one attached hydrogen (secondary N) is 2. The molecule has 1 aromatic rings. The number of amides is 1. The van der Waals surface area contributed by atoms with E-state index in [1.165, 1.54) is 6.26 Å². The molecule has 0 radical (unpaired) electrons. The summed E-state index contributed by atoms with van der Waals surface area (Å²) in [6, 6.07) is 1.69. The highest BCUT2D eigenvalue weighted by molar-refractivity contribution is 7.90. The monoisotopic (exact) mass is 328 g/mol. The summed E-state index contributed by atoms with van der Waals surface area (Å²) in [6.07, 6.45) is 4.86. The van der Waals surface area contributed by atoms with Crippen LogP contribution in [0.5, 0.6) is 0 Å². The fraction of sp³-hybridized carbons (Fsp3) is 0.714. The van der Waals surface area contributed by atoms with E-state index in [1.54, 1.807) is 12.3 Å². The van der Waals surface area contributed by atoms with Crippen LogP contribution >= 0.6 is 0 Å². The summed E-state index contributed by atoms with van der Waals surface area (Å²) < 4.78 is 22.6. The first kappa shape index (κ1) is 17.0. The number of rotatable bonds is 7. The Balaban J connectivity index is 1.94. The standard InChI is InChI=1S/C14H24N4O3S/c1-3-4-11-9-18(7-8-22(2,20)21)10-13(11)16-14(19)12-5-6-15-17-12/h5-6,11,13H,3-4,7-10H2,1-2H3,(H,15,17)(H,16,19)/t11-,13-/m0/s1. The highest BCUT2D eigenvalue weighted by Gasteiger charge is 2.33. The van der Waals surface area contributed by atoms with E-state index in [9.17, 15) is 13.2 Å². The van der Waals surface area contributed by atoms with E-state index < -0.39 is 9.84 Å². The van der Waals surface area contributed by atoms with E-state index in [2.05, 4.69) is 27.3 Å². The lowest BCUT2D eigenvalue weighted by molar-refractivity contribution is 0.0924. The second-order valence-electron chi connectivity index (χ2n) is 5.99. The summed E-state index contributed by atoms with van der Waals surface area (Å²) in [7, 11) is -2.96. The Hall–Kier alpha value is -1.41. The zero-order chi connectivity index (χ0) is 16.2. The van der Waals surface area contributed by atoms with Crippen LogP contribution in [0.2, 0.25) is 0 Å². The van der Waals surface area contributed by atoms with Crippen LogP contribution in [0.25, 0.3) is 0 Å². The van der Waals surface area contributed by atoms with E-state index in [1.807, 2.05) is 0 Å². The van der Waals surface area contributed by atoms with Crippen molar-refractivity contribution >= 4 is 15.7 Å². The van der Waals surface area contributed by atoms with Gasteiger partial charge in [0.25, 0.3) is 5.91 Å². The Morgan fingerprint density at radius 3 is 2.86 bits per heavy atom. The molecule has 8 heteroatoms. The first-order chi connectivity index (χ1) is 10.4. The molecule has 1 aliphatic rings. The van der Waals surface area contributed by atoms with Gasteiger partial charge in [0.2, 0.25) is 0 Å². The largest absolute Gasteiger partial charge is 0.346 e. The van der Waals surface area contributed by atoms with Gasteiger partial charge in [0, 0.05) is 38.1 Å². The molecule has 2 rings (SSSR count). The molecule has 2 atom stereocenters. The molecule has 0 spiro atoms. The predicted molar refractivity (Wildman–Crippen MR) is 84.4 cm³/mol. The van der Waals surface area contributed by atoms with Gasteiger partial charge in [-0.25, -0.2) is 8.42 Å². The van der Waals surface area contributed by atoms with Crippen LogP contribution in [-0.2, 0) is 9.84 Å². The average Bonchev–Trinajstić information content (AvgIpc) is 3.06. The number of hydrogen-bond acceptors (Lipinski definition) is 5. The van der Waals surface area contributed by atoms with Crippen molar-refractivity contribution in [1.82, 2.24) is 20.4 Å². The number of aromatic nitrogens is 2. The number of nitrogens with zero attached hydrogens (tertiary/aromatic N) is 2. The van der Waals surface area contributed by atoms with E-state index in [0.29, 0.717) is 24.7 Å². The number of carbonyl (C=O) groups excluding carboxylic acids is 1. The first-order valence-electron chi connectivity index (χ1n) is 7.59. The number of sulfone groups is 1. The topological polar surface area (TPSA) is 95.2 Å². The van der Waals surface area contributed by atoms with Crippen LogP contribution in [0.4, 0.5) is 0 Å². The highest BCUT2D eigenvalue weighted by atomic mass is 32.2. The van der Waals surface area contributed by atoms with Gasteiger partial charge in [0.1, 0.15) is 15.5 Å². The SMILES string of the molecule is CCC[C@H]1CN(CCS(C)(=O)=O)C[C@@H]1NC(=O)c1ccn[nH]1. The van der Waals surface area contributed by atoms with Gasteiger partial charge in [0.05, 0.1) is 5.75 Å². The van der Waals surface area contributed by atoms with Crippen molar-refractivity contribution in [3.05, 3.63) is 18.0 Å². The van der Waals surface area contributed by atoms with Crippen molar-refractivity contribution in [3.63, 3.8) is 0 Å². The molecule has 2 heterocycles. The number of H-pyrrole nitrogens is 1. The molecule has 1 saturated heterocycles. The molecule has 0 saturated carbocycles. The van der Waals surface area contributed by atoms with Gasteiger partial charge in [-0.1, -0.05) is 13.3 Å². The van der Waals surface area contributed by atoms with Gasteiger partial charge in [-0.3, -0.25) is 14.8 Å². The second kappa shape index (κ2) is 7.23. The van der Waals surface area contributed by atoms with Gasteiger partial charge in [-0.15, -0.1) is 0 Å². The summed E-state index contributed by atoms with van der Waals surface area (Å²) in [5.41, 5.74) is 0.449. The minimum Gasteiger partial charge on any atom is -0.346 e. The lowest BCUT2D eigenvalue weighted by Crippen LogP contribution is -2.41. The minimum atomic E-state index is -2.96. The molecular formula is C14H24N4O3S. The lowest BCUT2D eigenvalue weighted by Gasteiger charge is -2.18. The van der Waals surface area contributed by atoms with Gasteiger partial charge in [0.15, 0.2) is 0 Å². The van der Waals surface area contributed by atoms with Crippen molar-refractivity contribution < 1.29 is 13.2 Å². The molecule has 1 fully saturated rings. The summed E-state index contributed by atoms with van der Waals surface area (Å²) in [6.45, 7) is 4.17. The number of likely N-dealkylation sites (tertiary alicyclic amines) is 1. The summed E-state index contributed by atoms with van der Waals surface area (Å²) in [4.78, 5) is 14.3. The third-order valence-electron chi connectivity index (χ3n) is 4.02. The average molecular weight is 328 g/mol. The van der Waals surface area contributed by atoms with Crippen molar-refractivity contribution in [3.8, 4) is 0 Å². The second-order valence-corrected chi connectivity index (χ2v) is 8.25. The van der Waals surface area contributed by atoms with Crippen molar-refractivity contribution in [1.29, 1.82) is 0 Å². The maximum absolute atomic E-state index is 12.1. The molecule has 1 aliphatic heterocycles. The number of hydrogen-bond donors (Lipinski definition) is 2. The predicted octanol–water partition coefficient (Wildman–Crippen LogP) is 0.285. The third kappa shape index (κ3) is 4.81. The van der Waals surface area contributed by atoms with Gasteiger partial charge in [-0.05, 0) is 18.4 Å². The number of aromatic amines is 1. The Bertz CT molecular complexity index is 585. The normalized spacial score (nSPS) is 22.8. The van der Waals surface area contributed by atoms with E-state index in [4.69, 9.17) is 0 Å². The Labute approximate surface area is 131 Å². The maximum Gasteiger partial charge on any atom is 0.269 e. The van der Waals surface area contributed by atoms with Crippen molar-refractivity contribution in [2.75, 3.05) is 31.6 Å². The molecule has 7 nitrogen and oxygen atoms in total. The van der Waals surface area contributed by atoms with Crippen LogP contribution in [0.3, 0.4) is 0 Å². The third-order valence-corrected chi connectivity index (χ3v) is 4.94. The van der Waals surface area contributed by atoms with Crippen molar-refractivity contribution in [2.45, 2.75) is 25.8 Å². The molecule has 22 heavy (non-hydrogen) atoms. The maximum atomic E-state index is 12.1. The summed E-state index contributed by atoms with van der Waals surface area (Å²) in [5, 5.41) is 9.48. The Morgan fingerprint density at radius 2 is 2.27 bits per heavy atom. The van der Waals surface area contributed by atoms with Crippen LogP contribution in [0, 0.1) is 5.92 Å². The fourth-order valence-electron chi connectivity index (χ4n) is 2.89. The molecule has 124 valence electrons. The summed E-state index contributed by atoms with van der Waals surface area (Å²) in [5.74, 6) is 0.359. The van der Waals surface area contributed by atoms with Crippen LogP contribution in [0.15, 0.2) is 12.3 Å². The number of carbonyl (C=O) groups is 1. The molecule has 0 unspecified atom stereocenters. The van der Waals surface area contributed by atoms with Crippen LogP contribution in [-0.4, -0.2) is 67.1 Å². The minimum absolute atomic E-state index is 0.0512. The van der Waals surface area contributed by atoms with Gasteiger partial charge < -0.3 is 5.32 Å². The van der Waals surface area contributed by atoms with Gasteiger partial charge in [-0.2, -0.15) is 5.10 Å². The molecule has 0 aromatic carbocycles. The van der Waals surface area contributed by atoms with E-state index in [0.717, 1.165) is 19.4 Å². The van der Waals surface area contributed by atoms with E-state index in [-0.39, 0.29) is 17.7 Å². The zero-order valence-corrected chi connectivity index (χ0v) is 13.9. The van der Waals surface area contributed by atoms with Crippen LogP contribution in [0.1, 0.15) is 30.3 Å². The quantitative estimate of drug-likeness (QED) is 0.750. The molecular weight excluding hydrogens is 304 g/mol. The smallest absolute Gasteiger partial charge is 0.269 e.